The quantitative estimate of drug-likeness (QED) is 0.165. The van der Waals surface area contributed by atoms with Crippen molar-refractivity contribution in [1.29, 1.82) is 0 Å². The van der Waals surface area contributed by atoms with Gasteiger partial charge in [0.05, 0.1) is 19.4 Å². The van der Waals surface area contributed by atoms with Crippen molar-refractivity contribution in [2.75, 3.05) is 6.61 Å². The molecular formula is C28H23NO6S. The maximum atomic E-state index is 12.9. The summed E-state index contributed by atoms with van der Waals surface area (Å²) in [6, 6.07) is 20.5. The molecule has 182 valence electrons. The maximum Gasteiger partial charge on any atom is 0.341 e. The van der Waals surface area contributed by atoms with Crippen LogP contribution in [0.1, 0.15) is 35.7 Å². The molecule has 0 fully saturated rings. The van der Waals surface area contributed by atoms with Crippen LogP contribution in [0.3, 0.4) is 0 Å². The van der Waals surface area contributed by atoms with Crippen LogP contribution in [0.25, 0.3) is 21.9 Å². The first kappa shape index (κ1) is 24.8. The minimum absolute atomic E-state index is 0.228. The van der Waals surface area contributed by atoms with E-state index in [4.69, 9.17) is 14.6 Å². The number of carbonyl (C=O) groups excluding carboxylic acids is 2. The molecule has 0 aliphatic carbocycles. The Morgan fingerprint density at radius 1 is 0.972 bits per heavy atom. The molecule has 7 nitrogen and oxygen atoms in total. The highest BCUT2D eigenvalue weighted by Crippen LogP contribution is 2.38. The number of benzene rings is 3. The van der Waals surface area contributed by atoms with Crippen LogP contribution in [0.4, 0.5) is 5.00 Å². The smallest absolute Gasteiger partial charge is 0.341 e. The lowest BCUT2D eigenvalue weighted by atomic mass is 10.0. The van der Waals surface area contributed by atoms with E-state index in [2.05, 4.69) is 4.99 Å². The number of carbonyl (C=O) groups is 3. The van der Waals surface area contributed by atoms with Gasteiger partial charge in [-0.3, -0.25) is 9.59 Å². The number of aliphatic imine (C=N–C) groups is 1. The lowest BCUT2D eigenvalue weighted by molar-refractivity contribution is -0.142. The van der Waals surface area contributed by atoms with E-state index in [-0.39, 0.29) is 25.2 Å². The molecule has 1 N–H and O–H groups in total. The van der Waals surface area contributed by atoms with Gasteiger partial charge in [0.2, 0.25) is 0 Å². The van der Waals surface area contributed by atoms with Crippen LogP contribution in [0, 0.1) is 0 Å². The largest absolute Gasteiger partial charge is 0.481 e. The number of fused-ring (bicyclic) bond motifs is 1. The Morgan fingerprint density at radius 3 is 2.47 bits per heavy atom. The second kappa shape index (κ2) is 11.4. The van der Waals surface area contributed by atoms with Crippen molar-refractivity contribution in [1.82, 2.24) is 0 Å². The van der Waals surface area contributed by atoms with Gasteiger partial charge in [0, 0.05) is 22.7 Å². The first-order valence-electron chi connectivity index (χ1n) is 11.3. The molecule has 0 saturated carbocycles. The summed E-state index contributed by atoms with van der Waals surface area (Å²) >= 11 is 1.31. The van der Waals surface area contributed by atoms with Crippen molar-refractivity contribution in [3.8, 4) is 16.9 Å². The van der Waals surface area contributed by atoms with Gasteiger partial charge in [0.1, 0.15) is 16.3 Å². The van der Waals surface area contributed by atoms with Gasteiger partial charge in [0.15, 0.2) is 0 Å². The number of thiophene rings is 1. The van der Waals surface area contributed by atoms with Crippen LogP contribution in [-0.2, 0) is 14.3 Å². The van der Waals surface area contributed by atoms with Crippen LogP contribution >= 0.6 is 11.3 Å². The van der Waals surface area contributed by atoms with Crippen LogP contribution in [0.5, 0.6) is 5.75 Å². The summed E-state index contributed by atoms with van der Waals surface area (Å²) < 4.78 is 10.8. The Bertz CT molecular complexity index is 1440. The zero-order valence-electron chi connectivity index (χ0n) is 19.5. The fraction of sp³-hybridized carbons (Fsp3) is 0.143. The lowest BCUT2D eigenvalue weighted by Gasteiger charge is -2.10. The second-order valence-corrected chi connectivity index (χ2v) is 8.60. The van der Waals surface area contributed by atoms with Gasteiger partial charge >= 0.3 is 17.9 Å². The zero-order valence-corrected chi connectivity index (χ0v) is 20.3. The van der Waals surface area contributed by atoms with Gasteiger partial charge in [0.25, 0.3) is 0 Å². The third kappa shape index (κ3) is 5.67. The van der Waals surface area contributed by atoms with Crippen molar-refractivity contribution in [2.45, 2.75) is 19.8 Å². The van der Waals surface area contributed by atoms with Crippen LogP contribution < -0.4 is 4.74 Å². The first-order valence-corrected chi connectivity index (χ1v) is 12.2. The summed E-state index contributed by atoms with van der Waals surface area (Å²) in [5, 5.41) is 12.9. The minimum atomic E-state index is -1.08. The number of hydrogen-bond donors (Lipinski definition) is 1. The standard InChI is InChI=1S/C28H23NO6S/c1-2-34-28(33)26-22(18-8-4-3-5-9-18)17-36-27(26)29-16-21-20-11-7-6-10-19(20)12-13-23(21)35-25(32)15-14-24(30)31/h3-13,16-17H,2,14-15H2,1H3,(H,30,31). The molecule has 36 heavy (non-hydrogen) atoms. The Balaban J connectivity index is 1.76. The topological polar surface area (TPSA) is 102 Å². The Labute approximate surface area is 211 Å². The summed E-state index contributed by atoms with van der Waals surface area (Å²) in [5.41, 5.74) is 2.51. The Hall–Kier alpha value is -4.30. The number of ether oxygens (including phenoxy) is 2. The number of carboxylic acids is 1. The molecule has 0 aliphatic heterocycles. The molecule has 0 saturated heterocycles. The third-order valence-corrected chi connectivity index (χ3v) is 6.23. The van der Waals surface area contributed by atoms with Gasteiger partial charge in [-0.15, -0.1) is 11.3 Å². The molecule has 0 atom stereocenters. The number of nitrogens with zero attached hydrogens (tertiary/aromatic N) is 1. The molecule has 8 heteroatoms. The molecular weight excluding hydrogens is 478 g/mol. The third-order valence-electron chi connectivity index (χ3n) is 5.34. The Morgan fingerprint density at radius 2 is 1.72 bits per heavy atom. The average Bonchev–Trinajstić information content (AvgIpc) is 3.31. The SMILES string of the molecule is CCOC(=O)c1c(-c2ccccc2)csc1N=Cc1c(OC(=O)CCC(=O)O)ccc2ccccc12. The minimum Gasteiger partial charge on any atom is -0.481 e. The van der Waals surface area contributed by atoms with Crippen molar-refractivity contribution in [2.24, 2.45) is 4.99 Å². The first-order chi connectivity index (χ1) is 17.5. The van der Waals surface area contributed by atoms with Gasteiger partial charge in [-0.1, -0.05) is 60.7 Å². The fourth-order valence-electron chi connectivity index (χ4n) is 3.68. The number of aliphatic carboxylic acids is 1. The number of rotatable bonds is 9. The highest BCUT2D eigenvalue weighted by molar-refractivity contribution is 7.14. The van der Waals surface area contributed by atoms with E-state index in [1.165, 1.54) is 11.3 Å². The second-order valence-electron chi connectivity index (χ2n) is 7.74. The fourth-order valence-corrected chi connectivity index (χ4v) is 4.59. The predicted molar refractivity (Wildman–Crippen MR) is 139 cm³/mol. The lowest BCUT2D eigenvalue weighted by Crippen LogP contribution is -2.11. The number of hydrogen-bond acceptors (Lipinski definition) is 7. The van der Waals surface area contributed by atoms with Crippen molar-refractivity contribution < 1.29 is 29.0 Å². The molecule has 0 radical (unpaired) electrons. The molecule has 1 aromatic heterocycles. The van der Waals surface area contributed by atoms with E-state index >= 15 is 0 Å². The van der Waals surface area contributed by atoms with Gasteiger partial charge in [-0.05, 0) is 29.3 Å². The van der Waals surface area contributed by atoms with Gasteiger partial charge < -0.3 is 14.6 Å². The van der Waals surface area contributed by atoms with E-state index in [0.717, 1.165) is 21.9 Å². The van der Waals surface area contributed by atoms with Gasteiger partial charge in [-0.25, -0.2) is 9.79 Å². The average molecular weight is 502 g/mol. The summed E-state index contributed by atoms with van der Waals surface area (Å²) in [5.74, 6) is -1.95. The summed E-state index contributed by atoms with van der Waals surface area (Å²) in [6.45, 7) is 1.97. The highest BCUT2D eigenvalue weighted by atomic mass is 32.1. The van der Waals surface area contributed by atoms with Crippen LogP contribution in [0.2, 0.25) is 0 Å². The molecule has 0 amide bonds. The van der Waals surface area contributed by atoms with E-state index in [1.807, 2.05) is 66.0 Å². The summed E-state index contributed by atoms with van der Waals surface area (Å²) in [4.78, 5) is 40.6. The number of esters is 2. The maximum absolute atomic E-state index is 12.9. The summed E-state index contributed by atoms with van der Waals surface area (Å²) in [7, 11) is 0. The molecule has 3 aromatic carbocycles. The highest BCUT2D eigenvalue weighted by Gasteiger charge is 2.21. The molecule has 0 bridgehead atoms. The van der Waals surface area contributed by atoms with Crippen molar-refractivity contribution >= 4 is 51.2 Å². The van der Waals surface area contributed by atoms with Crippen molar-refractivity contribution in [3.05, 3.63) is 83.2 Å². The van der Waals surface area contributed by atoms with Crippen LogP contribution in [0.15, 0.2) is 77.1 Å². The molecule has 4 aromatic rings. The Kier molecular flexibility index (Phi) is 7.87. The number of carboxylic acid groups (broad SMARTS) is 1. The van der Waals surface area contributed by atoms with Crippen LogP contribution in [-0.4, -0.2) is 35.8 Å². The van der Waals surface area contributed by atoms with E-state index in [1.54, 1.807) is 19.2 Å². The van der Waals surface area contributed by atoms with E-state index in [9.17, 15) is 14.4 Å². The molecule has 0 spiro atoms. The summed E-state index contributed by atoms with van der Waals surface area (Å²) in [6.07, 6.45) is 0.985. The predicted octanol–water partition coefficient (Wildman–Crippen LogP) is 6.27. The van der Waals surface area contributed by atoms with E-state index in [0.29, 0.717) is 16.1 Å². The molecule has 1 heterocycles. The molecule has 0 unspecified atom stereocenters. The normalized spacial score (nSPS) is 11.0. The molecule has 0 aliphatic rings. The van der Waals surface area contributed by atoms with Gasteiger partial charge in [-0.2, -0.15) is 0 Å². The monoisotopic (exact) mass is 501 g/mol. The molecule has 4 rings (SSSR count). The van der Waals surface area contributed by atoms with E-state index < -0.39 is 17.9 Å². The van der Waals surface area contributed by atoms with Crippen molar-refractivity contribution in [3.63, 3.8) is 0 Å². The zero-order chi connectivity index (χ0) is 25.5.